The molecule has 1 heterocycles. The van der Waals surface area contributed by atoms with Crippen LogP contribution in [0.5, 0.6) is 0 Å². The van der Waals surface area contributed by atoms with Crippen LogP contribution in [0.4, 0.5) is 5.69 Å². The van der Waals surface area contributed by atoms with Crippen molar-refractivity contribution in [2.24, 2.45) is 0 Å². The van der Waals surface area contributed by atoms with Gasteiger partial charge in [-0.2, -0.15) is 0 Å². The van der Waals surface area contributed by atoms with Gasteiger partial charge < -0.3 is 19.4 Å². The summed E-state index contributed by atoms with van der Waals surface area (Å²) in [6, 6.07) is 19.1. The molecule has 0 saturated carbocycles. The van der Waals surface area contributed by atoms with Crippen LogP contribution in [0.1, 0.15) is 40.3 Å². The number of carbonyl (C=O) groups is 3. The predicted molar refractivity (Wildman–Crippen MR) is 116 cm³/mol. The van der Waals surface area contributed by atoms with Crippen LogP contribution in [-0.2, 0) is 16.1 Å². The number of benzene rings is 2. The quantitative estimate of drug-likeness (QED) is 0.554. The molecule has 0 aliphatic carbocycles. The SMILES string of the molecule is CC(C)N(Cc1ccccc1)C(=O)COC(=O)c1ccccc1NC(=O)c1ccco1. The summed E-state index contributed by atoms with van der Waals surface area (Å²) in [5.74, 6) is -1.38. The van der Waals surface area contributed by atoms with E-state index >= 15 is 0 Å². The molecule has 0 unspecified atom stereocenters. The van der Waals surface area contributed by atoms with Gasteiger partial charge in [0, 0.05) is 12.6 Å². The molecular weight excluding hydrogens is 396 g/mol. The number of para-hydroxylation sites is 1. The molecule has 0 aliphatic heterocycles. The summed E-state index contributed by atoms with van der Waals surface area (Å²) in [6.07, 6.45) is 1.39. The van der Waals surface area contributed by atoms with Crippen LogP contribution in [0.3, 0.4) is 0 Å². The molecule has 160 valence electrons. The molecule has 7 heteroatoms. The van der Waals surface area contributed by atoms with Gasteiger partial charge >= 0.3 is 5.97 Å². The molecule has 0 radical (unpaired) electrons. The van der Waals surface area contributed by atoms with Crippen molar-refractivity contribution in [1.29, 1.82) is 0 Å². The average molecular weight is 420 g/mol. The zero-order valence-electron chi connectivity index (χ0n) is 17.4. The monoisotopic (exact) mass is 420 g/mol. The van der Waals surface area contributed by atoms with Crippen LogP contribution >= 0.6 is 0 Å². The lowest BCUT2D eigenvalue weighted by atomic mass is 10.1. The summed E-state index contributed by atoms with van der Waals surface area (Å²) in [5.41, 5.74) is 1.41. The maximum Gasteiger partial charge on any atom is 0.340 e. The Hall–Kier alpha value is -3.87. The van der Waals surface area contributed by atoms with Gasteiger partial charge in [-0.25, -0.2) is 4.79 Å². The lowest BCUT2D eigenvalue weighted by Crippen LogP contribution is -2.39. The molecule has 31 heavy (non-hydrogen) atoms. The van der Waals surface area contributed by atoms with Crippen LogP contribution < -0.4 is 5.32 Å². The maximum absolute atomic E-state index is 12.7. The molecular formula is C24H24N2O5. The van der Waals surface area contributed by atoms with Gasteiger partial charge in [-0.1, -0.05) is 42.5 Å². The number of ether oxygens (including phenoxy) is 1. The minimum Gasteiger partial charge on any atom is -0.459 e. The molecule has 0 spiro atoms. The van der Waals surface area contributed by atoms with E-state index in [4.69, 9.17) is 9.15 Å². The van der Waals surface area contributed by atoms with E-state index in [-0.39, 0.29) is 29.0 Å². The Morgan fingerprint density at radius 2 is 1.68 bits per heavy atom. The summed E-state index contributed by atoms with van der Waals surface area (Å²) in [7, 11) is 0. The third kappa shape index (κ3) is 5.82. The summed E-state index contributed by atoms with van der Waals surface area (Å²) >= 11 is 0. The van der Waals surface area contributed by atoms with E-state index in [1.807, 2.05) is 44.2 Å². The van der Waals surface area contributed by atoms with Crippen molar-refractivity contribution in [3.05, 3.63) is 89.9 Å². The van der Waals surface area contributed by atoms with Crippen LogP contribution in [0.15, 0.2) is 77.4 Å². The van der Waals surface area contributed by atoms with E-state index in [2.05, 4.69) is 5.32 Å². The number of esters is 1. The Balaban J connectivity index is 1.64. The number of hydrogen-bond donors (Lipinski definition) is 1. The number of nitrogens with zero attached hydrogens (tertiary/aromatic N) is 1. The number of nitrogens with one attached hydrogen (secondary N) is 1. The van der Waals surface area contributed by atoms with E-state index < -0.39 is 18.5 Å². The topological polar surface area (TPSA) is 88.9 Å². The lowest BCUT2D eigenvalue weighted by molar-refractivity contribution is -0.136. The van der Waals surface area contributed by atoms with Gasteiger partial charge in [-0.15, -0.1) is 0 Å². The molecule has 1 aromatic heterocycles. The van der Waals surface area contributed by atoms with Gasteiger partial charge in [0.2, 0.25) is 0 Å². The van der Waals surface area contributed by atoms with Crippen molar-refractivity contribution in [3.8, 4) is 0 Å². The second-order valence-corrected chi connectivity index (χ2v) is 7.15. The molecule has 0 aliphatic rings. The fourth-order valence-electron chi connectivity index (χ4n) is 2.99. The summed E-state index contributed by atoms with van der Waals surface area (Å²) < 4.78 is 10.3. The Bertz CT molecular complexity index is 1030. The van der Waals surface area contributed by atoms with Crippen LogP contribution in [0.25, 0.3) is 0 Å². The first-order chi connectivity index (χ1) is 15.0. The first-order valence-electron chi connectivity index (χ1n) is 9.90. The fraction of sp³-hybridized carbons (Fsp3) is 0.208. The summed E-state index contributed by atoms with van der Waals surface area (Å²) in [6.45, 7) is 3.83. The van der Waals surface area contributed by atoms with Crippen LogP contribution in [-0.4, -0.2) is 35.3 Å². The molecule has 1 N–H and O–H groups in total. The van der Waals surface area contributed by atoms with Crippen molar-refractivity contribution in [3.63, 3.8) is 0 Å². The summed E-state index contributed by atoms with van der Waals surface area (Å²) in [4.78, 5) is 39.2. The number of furan rings is 1. The summed E-state index contributed by atoms with van der Waals surface area (Å²) in [5, 5.41) is 2.63. The van der Waals surface area contributed by atoms with Gasteiger partial charge in [0.05, 0.1) is 17.5 Å². The maximum atomic E-state index is 12.7. The largest absolute Gasteiger partial charge is 0.459 e. The highest BCUT2D eigenvalue weighted by atomic mass is 16.5. The van der Waals surface area contributed by atoms with E-state index in [0.29, 0.717) is 6.54 Å². The van der Waals surface area contributed by atoms with Gasteiger partial charge in [0.1, 0.15) is 0 Å². The first-order valence-corrected chi connectivity index (χ1v) is 9.90. The highest BCUT2D eigenvalue weighted by Gasteiger charge is 2.21. The smallest absolute Gasteiger partial charge is 0.340 e. The van der Waals surface area contributed by atoms with Gasteiger partial charge in [-0.3, -0.25) is 9.59 Å². The molecule has 0 fully saturated rings. The molecule has 0 bridgehead atoms. The Labute approximate surface area is 180 Å². The predicted octanol–water partition coefficient (Wildman–Crippen LogP) is 4.13. The molecule has 2 aromatic carbocycles. The highest BCUT2D eigenvalue weighted by molar-refractivity contribution is 6.06. The standard InChI is InChI=1S/C24H24N2O5/c1-17(2)26(15-18-9-4-3-5-10-18)22(27)16-31-24(29)19-11-6-7-12-20(19)25-23(28)21-13-8-14-30-21/h3-14,17H,15-16H2,1-2H3,(H,25,28). The lowest BCUT2D eigenvalue weighted by Gasteiger charge is -2.26. The third-order valence-corrected chi connectivity index (χ3v) is 4.61. The minimum absolute atomic E-state index is 0.0636. The molecule has 3 rings (SSSR count). The molecule has 3 aromatic rings. The minimum atomic E-state index is -0.702. The molecule has 2 amide bonds. The van der Waals surface area contributed by atoms with Crippen LogP contribution in [0, 0.1) is 0 Å². The van der Waals surface area contributed by atoms with E-state index in [9.17, 15) is 14.4 Å². The van der Waals surface area contributed by atoms with E-state index in [1.165, 1.54) is 18.4 Å². The van der Waals surface area contributed by atoms with Crippen molar-refractivity contribution >= 4 is 23.5 Å². The molecule has 0 atom stereocenters. The molecule has 7 nitrogen and oxygen atoms in total. The number of rotatable bonds is 8. The number of amides is 2. The van der Waals surface area contributed by atoms with Crippen LogP contribution in [0.2, 0.25) is 0 Å². The van der Waals surface area contributed by atoms with Crippen molar-refractivity contribution in [2.75, 3.05) is 11.9 Å². The van der Waals surface area contributed by atoms with Crippen molar-refractivity contribution < 1.29 is 23.5 Å². The normalized spacial score (nSPS) is 10.5. The number of hydrogen-bond acceptors (Lipinski definition) is 5. The number of carbonyl (C=O) groups excluding carboxylic acids is 3. The zero-order chi connectivity index (χ0) is 22.2. The fourth-order valence-corrected chi connectivity index (χ4v) is 2.99. The average Bonchev–Trinajstić information content (AvgIpc) is 3.31. The van der Waals surface area contributed by atoms with E-state index in [1.54, 1.807) is 29.2 Å². The highest BCUT2D eigenvalue weighted by Crippen LogP contribution is 2.18. The van der Waals surface area contributed by atoms with Gasteiger partial charge in [0.15, 0.2) is 12.4 Å². The van der Waals surface area contributed by atoms with Gasteiger partial charge in [0.25, 0.3) is 11.8 Å². The zero-order valence-corrected chi connectivity index (χ0v) is 17.4. The van der Waals surface area contributed by atoms with Crippen molar-refractivity contribution in [1.82, 2.24) is 4.90 Å². The second-order valence-electron chi connectivity index (χ2n) is 7.15. The molecule has 0 saturated heterocycles. The second kappa shape index (κ2) is 10.2. The Morgan fingerprint density at radius 3 is 2.35 bits per heavy atom. The van der Waals surface area contributed by atoms with E-state index in [0.717, 1.165) is 5.56 Å². The first kappa shape index (κ1) is 21.8. The Kier molecular flexibility index (Phi) is 7.22. The Morgan fingerprint density at radius 1 is 0.968 bits per heavy atom. The number of anilines is 1. The van der Waals surface area contributed by atoms with Crippen molar-refractivity contribution in [2.45, 2.75) is 26.4 Å². The van der Waals surface area contributed by atoms with Gasteiger partial charge in [-0.05, 0) is 43.7 Å². The third-order valence-electron chi connectivity index (χ3n) is 4.61.